The van der Waals surface area contributed by atoms with Crippen molar-refractivity contribution in [3.05, 3.63) is 29.8 Å². The zero-order valence-corrected chi connectivity index (χ0v) is 11.1. The minimum Gasteiger partial charge on any atom is -0.325 e. The minimum absolute atomic E-state index is 0.000764. The Hall–Kier alpha value is -1.35. The van der Waals surface area contributed by atoms with Crippen LogP contribution in [0.1, 0.15) is 33.3 Å². The highest BCUT2D eigenvalue weighted by atomic mass is 16.1. The molecule has 0 fully saturated rings. The fourth-order valence-electron chi connectivity index (χ4n) is 1.49. The third kappa shape index (κ3) is 5.00. The van der Waals surface area contributed by atoms with Crippen LogP contribution in [0.15, 0.2) is 24.3 Å². The first-order valence-electron chi connectivity index (χ1n) is 6.05. The molecule has 0 aliphatic rings. The second kappa shape index (κ2) is 5.82. The smallest absolute Gasteiger partial charge is 0.238 e. The van der Waals surface area contributed by atoms with E-state index in [1.807, 2.05) is 45.0 Å². The van der Waals surface area contributed by atoms with Gasteiger partial charge in [-0.2, -0.15) is 0 Å². The van der Waals surface area contributed by atoms with Crippen LogP contribution in [0.25, 0.3) is 0 Å². The summed E-state index contributed by atoms with van der Waals surface area (Å²) in [5, 5.41) is 6.10. The van der Waals surface area contributed by atoms with E-state index < -0.39 is 0 Å². The second-order valence-electron chi connectivity index (χ2n) is 5.16. The Morgan fingerprint density at radius 2 is 1.88 bits per heavy atom. The number of para-hydroxylation sites is 1. The van der Waals surface area contributed by atoms with Gasteiger partial charge in [0.25, 0.3) is 0 Å². The maximum atomic E-state index is 11.8. The van der Waals surface area contributed by atoms with Gasteiger partial charge in [0.15, 0.2) is 0 Å². The summed E-state index contributed by atoms with van der Waals surface area (Å²) in [6, 6.07) is 7.90. The number of amides is 1. The number of hydrogen-bond donors (Lipinski definition) is 2. The van der Waals surface area contributed by atoms with E-state index in [0.29, 0.717) is 6.54 Å². The highest BCUT2D eigenvalue weighted by molar-refractivity contribution is 5.93. The highest BCUT2D eigenvalue weighted by Gasteiger charge is 2.11. The molecule has 17 heavy (non-hydrogen) atoms. The van der Waals surface area contributed by atoms with Gasteiger partial charge in [-0.25, -0.2) is 0 Å². The summed E-state index contributed by atoms with van der Waals surface area (Å²) in [4.78, 5) is 11.8. The molecule has 0 bridgehead atoms. The first-order chi connectivity index (χ1) is 7.92. The number of rotatable bonds is 4. The molecule has 3 nitrogen and oxygen atoms in total. The van der Waals surface area contributed by atoms with Crippen LogP contribution in [0, 0.1) is 0 Å². The molecule has 0 aromatic heterocycles. The van der Waals surface area contributed by atoms with Gasteiger partial charge in [-0.3, -0.25) is 4.79 Å². The second-order valence-corrected chi connectivity index (χ2v) is 5.16. The molecule has 0 heterocycles. The monoisotopic (exact) mass is 234 g/mol. The van der Waals surface area contributed by atoms with Gasteiger partial charge in [0, 0.05) is 11.2 Å². The van der Waals surface area contributed by atoms with E-state index >= 15 is 0 Å². The number of nitrogens with one attached hydrogen (secondary N) is 2. The zero-order valence-electron chi connectivity index (χ0n) is 11.1. The van der Waals surface area contributed by atoms with E-state index in [9.17, 15) is 4.79 Å². The molecule has 94 valence electrons. The molecule has 0 atom stereocenters. The lowest BCUT2D eigenvalue weighted by Gasteiger charge is -2.20. The Kier molecular flexibility index (Phi) is 4.70. The van der Waals surface area contributed by atoms with Gasteiger partial charge in [-0.15, -0.1) is 0 Å². The van der Waals surface area contributed by atoms with Crippen molar-refractivity contribution in [3.8, 4) is 0 Å². The average molecular weight is 234 g/mol. The first-order valence-corrected chi connectivity index (χ1v) is 6.05. The molecule has 2 N–H and O–H groups in total. The van der Waals surface area contributed by atoms with Crippen LogP contribution in [0.3, 0.4) is 0 Å². The largest absolute Gasteiger partial charge is 0.325 e. The molecule has 3 heteroatoms. The number of benzene rings is 1. The summed E-state index contributed by atoms with van der Waals surface area (Å²) < 4.78 is 0. The molecule has 0 aliphatic carbocycles. The van der Waals surface area contributed by atoms with Gasteiger partial charge in [0.2, 0.25) is 5.91 Å². The normalized spacial score (nSPS) is 11.3. The summed E-state index contributed by atoms with van der Waals surface area (Å²) in [7, 11) is 0. The third-order valence-electron chi connectivity index (χ3n) is 2.45. The van der Waals surface area contributed by atoms with Crippen LogP contribution in [-0.4, -0.2) is 18.0 Å². The van der Waals surface area contributed by atoms with E-state index in [0.717, 1.165) is 17.7 Å². The van der Waals surface area contributed by atoms with E-state index in [1.165, 1.54) is 0 Å². The summed E-state index contributed by atoms with van der Waals surface area (Å²) in [6.45, 7) is 8.54. The maximum Gasteiger partial charge on any atom is 0.238 e. The van der Waals surface area contributed by atoms with Crippen molar-refractivity contribution in [1.82, 2.24) is 5.32 Å². The topological polar surface area (TPSA) is 41.1 Å². The lowest BCUT2D eigenvalue weighted by molar-refractivity contribution is -0.115. The van der Waals surface area contributed by atoms with E-state index in [-0.39, 0.29) is 11.4 Å². The predicted octanol–water partition coefficient (Wildman–Crippen LogP) is 2.58. The predicted molar refractivity (Wildman–Crippen MR) is 72.2 cm³/mol. The van der Waals surface area contributed by atoms with Crippen LogP contribution < -0.4 is 10.6 Å². The van der Waals surface area contributed by atoms with Crippen molar-refractivity contribution in [1.29, 1.82) is 0 Å². The van der Waals surface area contributed by atoms with Crippen LogP contribution in [0.2, 0.25) is 0 Å². The molecule has 0 radical (unpaired) electrons. The maximum absolute atomic E-state index is 11.8. The summed E-state index contributed by atoms with van der Waals surface area (Å²) in [5.41, 5.74) is 2.04. The van der Waals surface area contributed by atoms with E-state index in [1.54, 1.807) is 0 Å². The number of aryl methyl sites for hydroxylation is 1. The minimum atomic E-state index is -0.0401. The van der Waals surface area contributed by atoms with Crippen molar-refractivity contribution in [2.75, 3.05) is 11.9 Å². The Balaban J connectivity index is 2.56. The molecule has 0 unspecified atom stereocenters. The van der Waals surface area contributed by atoms with Gasteiger partial charge < -0.3 is 10.6 Å². The highest BCUT2D eigenvalue weighted by Crippen LogP contribution is 2.15. The first kappa shape index (κ1) is 13.7. The van der Waals surface area contributed by atoms with E-state index in [2.05, 4.69) is 17.6 Å². The Morgan fingerprint density at radius 3 is 2.47 bits per heavy atom. The summed E-state index contributed by atoms with van der Waals surface area (Å²) >= 11 is 0. The molecule has 1 aromatic carbocycles. The van der Waals surface area contributed by atoms with Crippen molar-refractivity contribution in [2.24, 2.45) is 0 Å². The van der Waals surface area contributed by atoms with Crippen LogP contribution in [0.4, 0.5) is 5.69 Å². The quantitative estimate of drug-likeness (QED) is 0.840. The molecule has 1 amide bonds. The van der Waals surface area contributed by atoms with Gasteiger partial charge in [-0.1, -0.05) is 25.1 Å². The fourth-order valence-corrected chi connectivity index (χ4v) is 1.49. The lowest BCUT2D eigenvalue weighted by atomic mass is 10.1. The van der Waals surface area contributed by atoms with Gasteiger partial charge >= 0.3 is 0 Å². The Labute approximate surface area is 104 Å². The Morgan fingerprint density at radius 1 is 1.24 bits per heavy atom. The van der Waals surface area contributed by atoms with Gasteiger partial charge in [0.05, 0.1) is 6.54 Å². The summed E-state index contributed by atoms with van der Waals surface area (Å²) in [6.07, 6.45) is 0.920. The molecular formula is C14H22N2O. The molecule has 0 spiro atoms. The van der Waals surface area contributed by atoms with E-state index in [4.69, 9.17) is 0 Å². The lowest BCUT2D eigenvalue weighted by Crippen LogP contribution is -2.41. The molecule has 1 rings (SSSR count). The standard InChI is InChI=1S/C14H22N2O/c1-5-11-8-6-7-9-12(11)16-13(17)10-15-14(2,3)4/h6-9,15H,5,10H2,1-4H3,(H,16,17). The van der Waals surface area contributed by atoms with Gasteiger partial charge in [-0.05, 0) is 38.8 Å². The summed E-state index contributed by atoms with van der Waals surface area (Å²) in [5.74, 6) is 0.000764. The molecule has 0 saturated carbocycles. The number of carbonyl (C=O) groups is 1. The fraction of sp³-hybridized carbons (Fsp3) is 0.500. The molecule has 1 aromatic rings. The van der Waals surface area contributed by atoms with Crippen molar-refractivity contribution in [2.45, 2.75) is 39.7 Å². The molecule has 0 aliphatic heterocycles. The number of carbonyl (C=O) groups excluding carboxylic acids is 1. The SMILES string of the molecule is CCc1ccccc1NC(=O)CNC(C)(C)C. The molecular weight excluding hydrogens is 212 g/mol. The Bertz CT molecular complexity index is 380. The van der Waals surface area contributed by atoms with Crippen LogP contribution >= 0.6 is 0 Å². The third-order valence-corrected chi connectivity index (χ3v) is 2.45. The average Bonchev–Trinajstić information content (AvgIpc) is 2.26. The number of hydrogen-bond acceptors (Lipinski definition) is 2. The van der Waals surface area contributed by atoms with Crippen molar-refractivity contribution >= 4 is 11.6 Å². The van der Waals surface area contributed by atoms with Crippen molar-refractivity contribution < 1.29 is 4.79 Å². The van der Waals surface area contributed by atoms with Crippen LogP contribution in [0.5, 0.6) is 0 Å². The van der Waals surface area contributed by atoms with Gasteiger partial charge in [0.1, 0.15) is 0 Å². The van der Waals surface area contributed by atoms with Crippen molar-refractivity contribution in [3.63, 3.8) is 0 Å². The zero-order chi connectivity index (χ0) is 12.9. The number of anilines is 1. The molecule has 0 saturated heterocycles. The van der Waals surface area contributed by atoms with Crippen LogP contribution in [-0.2, 0) is 11.2 Å².